The molecular weight excluding hydrogens is 206 g/mol. The molecule has 0 saturated carbocycles. The lowest BCUT2D eigenvalue weighted by Gasteiger charge is -2.12. The highest BCUT2D eigenvalue weighted by Gasteiger charge is 2.03. The fraction of sp³-hybridized carbons (Fsp3) is 0.727. The van der Waals surface area contributed by atoms with E-state index in [-0.39, 0.29) is 0 Å². The molecule has 0 aromatic carbocycles. The van der Waals surface area contributed by atoms with Crippen LogP contribution in [0.15, 0.2) is 5.38 Å². The predicted octanol–water partition coefficient (Wildman–Crippen LogP) is 1.57. The second kappa shape index (κ2) is 6.93. The van der Waals surface area contributed by atoms with Crippen molar-refractivity contribution in [2.75, 3.05) is 19.6 Å². The van der Waals surface area contributed by atoms with E-state index in [4.69, 9.17) is 5.73 Å². The van der Waals surface area contributed by atoms with Crippen molar-refractivity contribution < 1.29 is 0 Å². The van der Waals surface area contributed by atoms with Crippen LogP contribution >= 0.6 is 11.3 Å². The van der Waals surface area contributed by atoms with Crippen LogP contribution < -0.4 is 11.1 Å². The van der Waals surface area contributed by atoms with E-state index in [2.05, 4.69) is 22.6 Å². The smallest absolute Gasteiger partial charge is 0.0897 e. The number of nitrogens with zero attached hydrogens (tertiary/aromatic N) is 1. The summed E-state index contributed by atoms with van der Waals surface area (Å²) in [7, 11) is 0. The van der Waals surface area contributed by atoms with Crippen LogP contribution in [0.2, 0.25) is 0 Å². The van der Waals surface area contributed by atoms with E-state index in [9.17, 15) is 0 Å². The zero-order chi connectivity index (χ0) is 11.1. The van der Waals surface area contributed by atoms with E-state index in [0.717, 1.165) is 37.5 Å². The van der Waals surface area contributed by atoms with Crippen molar-refractivity contribution in [1.29, 1.82) is 0 Å². The molecule has 0 aliphatic rings. The number of nitrogens with one attached hydrogen (secondary N) is 1. The predicted molar refractivity (Wildman–Crippen MR) is 66.3 cm³/mol. The lowest BCUT2D eigenvalue weighted by molar-refractivity contribution is 0.473. The second-order valence-electron chi connectivity index (χ2n) is 3.82. The Balaban J connectivity index is 2.11. The van der Waals surface area contributed by atoms with Gasteiger partial charge in [0.05, 0.1) is 10.7 Å². The number of rotatable bonds is 7. The molecule has 1 atom stereocenters. The van der Waals surface area contributed by atoms with Gasteiger partial charge in [-0.1, -0.05) is 13.3 Å². The van der Waals surface area contributed by atoms with Gasteiger partial charge in [0.15, 0.2) is 0 Å². The summed E-state index contributed by atoms with van der Waals surface area (Å²) in [6, 6.07) is 0. The van der Waals surface area contributed by atoms with Gasteiger partial charge in [0.25, 0.3) is 0 Å². The van der Waals surface area contributed by atoms with Gasteiger partial charge in [0.1, 0.15) is 0 Å². The van der Waals surface area contributed by atoms with Gasteiger partial charge < -0.3 is 11.1 Å². The monoisotopic (exact) mass is 227 g/mol. The molecule has 86 valence electrons. The SMILES string of the molecule is CCC(CN)CNCCc1csc(C)n1. The molecule has 15 heavy (non-hydrogen) atoms. The topological polar surface area (TPSA) is 50.9 Å². The number of thiazole rings is 1. The van der Waals surface area contributed by atoms with Gasteiger partial charge in [-0.2, -0.15) is 0 Å². The Kier molecular flexibility index (Phi) is 5.83. The summed E-state index contributed by atoms with van der Waals surface area (Å²) in [6.45, 7) is 7.03. The first kappa shape index (κ1) is 12.6. The summed E-state index contributed by atoms with van der Waals surface area (Å²) in [6.07, 6.45) is 2.17. The van der Waals surface area contributed by atoms with Gasteiger partial charge in [-0.15, -0.1) is 11.3 Å². The molecule has 0 spiro atoms. The fourth-order valence-corrected chi connectivity index (χ4v) is 2.09. The number of hydrogen-bond donors (Lipinski definition) is 2. The first-order valence-electron chi connectivity index (χ1n) is 5.58. The Labute approximate surface area is 96.1 Å². The molecule has 3 nitrogen and oxygen atoms in total. The van der Waals surface area contributed by atoms with Crippen LogP contribution in [0.1, 0.15) is 24.0 Å². The van der Waals surface area contributed by atoms with E-state index < -0.39 is 0 Å². The van der Waals surface area contributed by atoms with Crippen LogP contribution in [0.4, 0.5) is 0 Å². The van der Waals surface area contributed by atoms with Gasteiger partial charge in [-0.05, 0) is 25.9 Å². The standard InChI is InChI=1S/C11H21N3S/c1-3-10(6-12)7-13-5-4-11-8-15-9(2)14-11/h8,10,13H,3-7,12H2,1-2H3. The van der Waals surface area contributed by atoms with Crippen LogP contribution in [0.25, 0.3) is 0 Å². The Hall–Kier alpha value is -0.450. The summed E-state index contributed by atoms with van der Waals surface area (Å²) in [5, 5.41) is 6.72. The van der Waals surface area contributed by atoms with E-state index in [1.807, 2.05) is 6.92 Å². The molecule has 3 N–H and O–H groups in total. The van der Waals surface area contributed by atoms with Crippen LogP contribution in [0.5, 0.6) is 0 Å². The van der Waals surface area contributed by atoms with Crippen molar-refractivity contribution >= 4 is 11.3 Å². The minimum absolute atomic E-state index is 0.613. The zero-order valence-electron chi connectivity index (χ0n) is 9.62. The van der Waals surface area contributed by atoms with Gasteiger partial charge in [0, 0.05) is 18.3 Å². The summed E-state index contributed by atoms with van der Waals surface area (Å²) < 4.78 is 0. The van der Waals surface area contributed by atoms with Crippen LogP contribution in [-0.4, -0.2) is 24.6 Å². The normalized spacial score (nSPS) is 13.0. The molecule has 4 heteroatoms. The maximum Gasteiger partial charge on any atom is 0.0897 e. The molecule has 0 radical (unpaired) electrons. The summed E-state index contributed by atoms with van der Waals surface area (Å²) in [5.74, 6) is 0.613. The van der Waals surface area contributed by atoms with Crippen molar-refractivity contribution in [1.82, 2.24) is 10.3 Å². The largest absolute Gasteiger partial charge is 0.330 e. The molecule has 0 aliphatic carbocycles. The molecule has 1 aromatic heterocycles. The third-order valence-electron chi connectivity index (χ3n) is 2.57. The lowest BCUT2D eigenvalue weighted by Crippen LogP contribution is -2.29. The van der Waals surface area contributed by atoms with Gasteiger partial charge >= 0.3 is 0 Å². The maximum absolute atomic E-state index is 5.63. The molecule has 1 rings (SSSR count). The van der Waals surface area contributed by atoms with Crippen LogP contribution in [-0.2, 0) is 6.42 Å². The van der Waals surface area contributed by atoms with E-state index in [1.165, 1.54) is 5.69 Å². The Morgan fingerprint density at radius 1 is 1.60 bits per heavy atom. The van der Waals surface area contributed by atoms with Crippen LogP contribution in [0, 0.1) is 12.8 Å². The minimum Gasteiger partial charge on any atom is -0.330 e. The molecule has 0 fully saturated rings. The molecular formula is C11H21N3S. The molecule has 0 saturated heterocycles. The van der Waals surface area contributed by atoms with Crippen molar-refractivity contribution in [3.63, 3.8) is 0 Å². The highest BCUT2D eigenvalue weighted by molar-refractivity contribution is 7.09. The van der Waals surface area contributed by atoms with Crippen molar-refractivity contribution in [2.45, 2.75) is 26.7 Å². The molecule has 0 aliphatic heterocycles. The van der Waals surface area contributed by atoms with E-state index in [1.54, 1.807) is 11.3 Å². The minimum atomic E-state index is 0.613. The van der Waals surface area contributed by atoms with E-state index >= 15 is 0 Å². The van der Waals surface area contributed by atoms with Crippen LogP contribution in [0.3, 0.4) is 0 Å². The summed E-state index contributed by atoms with van der Waals surface area (Å²) >= 11 is 1.72. The summed E-state index contributed by atoms with van der Waals surface area (Å²) in [4.78, 5) is 4.42. The van der Waals surface area contributed by atoms with E-state index in [0.29, 0.717) is 5.92 Å². The van der Waals surface area contributed by atoms with Gasteiger partial charge in [-0.3, -0.25) is 0 Å². The first-order valence-corrected chi connectivity index (χ1v) is 6.46. The second-order valence-corrected chi connectivity index (χ2v) is 4.88. The van der Waals surface area contributed by atoms with Gasteiger partial charge in [-0.25, -0.2) is 4.98 Å². The van der Waals surface area contributed by atoms with Crippen molar-refractivity contribution in [2.24, 2.45) is 11.7 Å². The molecule has 0 bridgehead atoms. The average molecular weight is 227 g/mol. The number of nitrogens with two attached hydrogens (primary N) is 1. The Morgan fingerprint density at radius 3 is 2.93 bits per heavy atom. The third kappa shape index (κ3) is 4.73. The lowest BCUT2D eigenvalue weighted by atomic mass is 10.1. The Morgan fingerprint density at radius 2 is 2.40 bits per heavy atom. The molecule has 1 unspecified atom stereocenters. The Bertz CT molecular complexity index is 269. The quantitative estimate of drug-likeness (QED) is 0.695. The number of hydrogen-bond acceptors (Lipinski definition) is 4. The zero-order valence-corrected chi connectivity index (χ0v) is 10.4. The number of aromatic nitrogens is 1. The van der Waals surface area contributed by atoms with Crippen molar-refractivity contribution in [3.8, 4) is 0 Å². The number of aryl methyl sites for hydroxylation is 1. The maximum atomic E-state index is 5.63. The highest BCUT2D eigenvalue weighted by atomic mass is 32.1. The third-order valence-corrected chi connectivity index (χ3v) is 3.39. The first-order chi connectivity index (χ1) is 7.26. The fourth-order valence-electron chi connectivity index (χ4n) is 1.44. The average Bonchev–Trinajstić information content (AvgIpc) is 2.65. The van der Waals surface area contributed by atoms with Crippen molar-refractivity contribution in [3.05, 3.63) is 16.1 Å². The summed E-state index contributed by atoms with van der Waals surface area (Å²) in [5.41, 5.74) is 6.83. The highest BCUT2D eigenvalue weighted by Crippen LogP contribution is 2.07. The molecule has 1 heterocycles. The molecule has 1 aromatic rings. The van der Waals surface area contributed by atoms with Gasteiger partial charge in [0.2, 0.25) is 0 Å². The molecule has 0 amide bonds.